The molecule has 1 amide bonds. The Morgan fingerprint density at radius 3 is 2.83 bits per heavy atom. The van der Waals surface area contributed by atoms with Gasteiger partial charge in [-0.05, 0) is 42.1 Å². The average molecular weight is 329 g/mol. The number of rotatable bonds is 6. The zero-order valence-corrected chi connectivity index (χ0v) is 13.3. The van der Waals surface area contributed by atoms with E-state index in [9.17, 15) is 9.18 Å². The van der Waals surface area contributed by atoms with Crippen LogP contribution in [0.25, 0.3) is 0 Å². The standard InChI is InChI=1S/C18H16FNO2S/c19-16-4-1-3-15(11-16)18(21)20(12-14-7-9-22-13-14)8-6-17-5-2-10-23-17/h1-5,7,9-11,13H,6,8,12H2. The maximum Gasteiger partial charge on any atom is 0.254 e. The molecule has 0 aliphatic heterocycles. The summed E-state index contributed by atoms with van der Waals surface area (Å²) in [5.74, 6) is -0.584. The molecule has 23 heavy (non-hydrogen) atoms. The highest BCUT2D eigenvalue weighted by atomic mass is 32.1. The van der Waals surface area contributed by atoms with Crippen molar-refractivity contribution in [3.8, 4) is 0 Å². The quantitative estimate of drug-likeness (QED) is 0.673. The zero-order chi connectivity index (χ0) is 16.1. The first-order valence-electron chi connectivity index (χ1n) is 7.30. The summed E-state index contributed by atoms with van der Waals surface area (Å²) >= 11 is 1.67. The Morgan fingerprint density at radius 2 is 2.13 bits per heavy atom. The predicted molar refractivity (Wildman–Crippen MR) is 87.9 cm³/mol. The lowest BCUT2D eigenvalue weighted by molar-refractivity contribution is 0.0744. The van der Waals surface area contributed by atoms with Gasteiger partial charge >= 0.3 is 0 Å². The van der Waals surface area contributed by atoms with Crippen LogP contribution in [0.5, 0.6) is 0 Å². The van der Waals surface area contributed by atoms with Crippen LogP contribution in [-0.2, 0) is 13.0 Å². The number of thiophene rings is 1. The Labute approximate surface area is 138 Å². The molecule has 0 bridgehead atoms. The number of hydrogen-bond acceptors (Lipinski definition) is 3. The Bertz CT molecular complexity index is 753. The molecule has 5 heteroatoms. The van der Waals surface area contributed by atoms with Crippen LogP contribution in [0.15, 0.2) is 64.8 Å². The minimum absolute atomic E-state index is 0.178. The minimum atomic E-state index is -0.405. The Hall–Kier alpha value is -2.40. The monoisotopic (exact) mass is 329 g/mol. The molecule has 0 N–H and O–H groups in total. The van der Waals surface area contributed by atoms with Crippen molar-refractivity contribution in [1.82, 2.24) is 4.90 Å². The van der Waals surface area contributed by atoms with Gasteiger partial charge in [0.05, 0.1) is 12.5 Å². The maximum atomic E-state index is 13.4. The molecule has 0 aliphatic carbocycles. The van der Waals surface area contributed by atoms with E-state index in [0.717, 1.165) is 12.0 Å². The lowest BCUT2D eigenvalue weighted by Gasteiger charge is -2.22. The van der Waals surface area contributed by atoms with Crippen molar-refractivity contribution in [3.63, 3.8) is 0 Å². The van der Waals surface area contributed by atoms with E-state index < -0.39 is 5.82 Å². The molecule has 0 saturated carbocycles. The molecule has 0 radical (unpaired) electrons. The predicted octanol–water partition coefficient (Wildman–Crippen LogP) is 4.37. The van der Waals surface area contributed by atoms with Gasteiger partial charge in [0, 0.05) is 29.1 Å². The molecule has 3 aromatic rings. The van der Waals surface area contributed by atoms with Gasteiger partial charge in [-0.2, -0.15) is 0 Å². The molecule has 0 fully saturated rings. The first-order chi connectivity index (χ1) is 11.2. The fourth-order valence-corrected chi connectivity index (χ4v) is 3.06. The molecule has 2 heterocycles. The molecule has 0 spiro atoms. The van der Waals surface area contributed by atoms with E-state index in [0.29, 0.717) is 18.7 Å². The van der Waals surface area contributed by atoms with Gasteiger partial charge in [-0.3, -0.25) is 4.79 Å². The van der Waals surface area contributed by atoms with Gasteiger partial charge < -0.3 is 9.32 Å². The summed E-state index contributed by atoms with van der Waals surface area (Å²) in [6.07, 6.45) is 3.98. The normalized spacial score (nSPS) is 10.7. The third-order valence-corrected chi connectivity index (χ3v) is 4.46. The summed E-state index contributed by atoms with van der Waals surface area (Å²) in [5.41, 5.74) is 1.28. The minimum Gasteiger partial charge on any atom is -0.472 e. The van der Waals surface area contributed by atoms with Gasteiger partial charge in [-0.15, -0.1) is 11.3 Å². The van der Waals surface area contributed by atoms with Gasteiger partial charge in [0.2, 0.25) is 0 Å². The van der Waals surface area contributed by atoms with Crippen LogP contribution in [0.4, 0.5) is 4.39 Å². The van der Waals surface area contributed by atoms with E-state index in [1.807, 2.05) is 23.6 Å². The van der Waals surface area contributed by atoms with Crippen LogP contribution in [0.1, 0.15) is 20.8 Å². The van der Waals surface area contributed by atoms with Crippen molar-refractivity contribution in [2.75, 3.05) is 6.54 Å². The van der Waals surface area contributed by atoms with Gasteiger partial charge in [-0.1, -0.05) is 12.1 Å². The SMILES string of the molecule is O=C(c1cccc(F)c1)N(CCc1cccs1)Cc1ccoc1. The molecule has 0 unspecified atom stereocenters. The summed E-state index contributed by atoms with van der Waals surface area (Å²) in [4.78, 5) is 15.7. The van der Waals surface area contributed by atoms with E-state index in [1.54, 1.807) is 40.9 Å². The van der Waals surface area contributed by atoms with Crippen molar-refractivity contribution in [1.29, 1.82) is 0 Å². The molecule has 1 aromatic carbocycles. The molecule has 3 rings (SSSR count). The molecular formula is C18H16FNO2S. The van der Waals surface area contributed by atoms with E-state index in [1.165, 1.54) is 17.0 Å². The van der Waals surface area contributed by atoms with Gasteiger partial charge in [0.1, 0.15) is 5.82 Å². The molecule has 118 valence electrons. The van der Waals surface area contributed by atoms with E-state index >= 15 is 0 Å². The van der Waals surface area contributed by atoms with Crippen molar-refractivity contribution in [2.24, 2.45) is 0 Å². The van der Waals surface area contributed by atoms with Crippen LogP contribution < -0.4 is 0 Å². The Morgan fingerprint density at radius 1 is 1.22 bits per heavy atom. The summed E-state index contributed by atoms with van der Waals surface area (Å²) in [6.45, 7) is 1.01. The Kier molecular flexibility index (Phi) is 4.88. The second-order valence-electron chi connectivity index (χ2n) is 5.20. The number of benzene rings is 1. The number of carbonyl (C=O) groups is 1. The third-order valence-electron chi connectivity index (χ3n) is 3.52. The highest BCUT2D eigenvalue weighted by Gasteiger charge is 2.17. The van der Waals surface area contributed by atoms with E-state index in [4.69, 9.17) is 4.42 Å². The first kappa shape index (κ1) is 15.5. The highest BCUT2D eigenvalue weighted by molar-refractivity contribution is 7.09. The van der Waals surface area contributed by atoms with Crippen LogP contribution in [-0.4, -0.2) is 17.4 Å². The highest BCUT2D eigenvalue weighted by Crippen LogP contribution is 2.15. The van der Waals surface area contributed by atoms with Gasteiger partial charge in [0.25, 0.3) is 5.91 Å². The van der Waals surface area contributed by atoms with Crippen molar-refractivity contribution in [3.05, 3.63) is 82.2 Å². The molecule has 2 aromatic heterocycles. The average Bonchev–Trinajstić information content (AvgIpc) is 3.24. The van der Waals surface area contributed by atoms with Crippen molar-refractivity contribution >= 4 is 17.2 Å². The van der Waals surface area contributed by atoms with E-state index in [-0.39, 0.29) is 5.91 Å². The summed E-state index contributed by atoms with van der Waals surface area (Å²) < 4.78 is 18.5. The second-order valence-corrected chi connectivity index (χ2v) is 6.23. The molecule has 0 atom stereocenters. The van der Waals surface area contributed by atoms with Crippen LogP contribution in [0.3, 0.4) is 0 Å². The van der Waals surface area contributed by atoms with Crippen LogP contribution in [0.2, 0.25) is 0 Å². The second kappa shape index (κ2) is 7.24. The zero-order valence-electron chi connectivity index (χ0n) is 12.4. The molecule has 3 nitrogen and oxygen atoms in total. The molecule has 0 aliphatic rings. The van der Waals surface area contributed by atoms with Crippen molar-refractivity contribution in [2.45, 2.75) is 13.0 Å². The first-order valence-corrected chi connectivity index (χ1v) is 8.18. The van der Waals surface area contributed by atoms with Crippen molar-refractivity contribution < 1.29 is 13.6 Å². The van der Waals surface area contributed by atoms with E-state index in [2.05, 4.69) is 0 Å². The fourth-order valence-electron chi connectivity index (χ4n) is 2.36. The number of furan rings is 1. The number of hydrogen-bond donors (Lipinski definition) is 0. The topological polar surface area (TPSA) is 33.5 Å². The number of halogens is 1. The lowest BCUT2D eigenvalue weighted by atomic mass is 10.1. The van der Waals surface area contributed by atoms with Crippen LogP contribution in [0, 0.1) is 5.82 Å². The summed E-state index contributed by atoms with van der Waals surface area (Å²) in [6, 6.07) is 11.7. The Balaban J connectivity index is 1.77. The smallest absolute Gasteiger partial charge is 0.254 e. The summed E-state index contributed by atoms with van der Waals surface area (Å²) in [7, 11) is 0. The number of carbonyl (C=O) groups excluding carboxylic acids is 1. The summed E-state index contributed by atoms with van der Waals surface area (Å²) in [5, 5.41) is 2.02. The molecule has 0 saturated heterocycles. The van der Waals surface area contributed by atoms with Gasteiger partial charge in [0.15, 0.2) is 0 Å². The number of nitrogens with zero attached hydrogens (tertiary/aromatic N) is 1. The lowest BCUT2D eigenvalue weighted by Crippen LogP contribution is -2.32. The number of amides is 1. The van der Waals surface area contributed by atoms with Gasteiger partial charge in [-0.25, -0.2) is 4.39 Å². The maximum absolute atomic E-state index is 13.4. The van der Waals surface area contributed by atoms with Crippen LogP contribution >= 0.6 is 11.3 Å². The largest absolute Gasteiger partial charge is 0.472 e. The third kappa shape index (κ3) is 4.07. The fraction of sp³-hybridized carbons (Fsp3) is 0.167. The molecular weight excluding hydrogens is 313 g/mol.